The van der Waals surface area contributed by atoms with Gasteiger partial charge in [-0.3, -0.25) is 0 Å². The summed E-state index contributed by atoms with van der Waals surface area (Å²) >= 11 is 6.44. The zero-order chi connectivity index (χ0) is 18.6. The minimum absolute atomic E-state index is 0.0606. The average molecular weight is 389 g/mol. The molecule has 1 N–H and O–H groups in total. The molecule has 1 aromatic heterocycles. The van der Waals surface area contributed by atoms with Gasteiger partial charge in [-0.05, 0) is 47.6 Å². The van der Waals surface area contributed by atoms with Crippen LogP contribution in [0.2, 0.25) is 0 Å². The van der Waals surface area contributed by atoms with Crippen molar-refractivity contribution in [1.82, 2.24) is 4.98 Å². The predicted octanol–water partition coefficient (Wildman–Crippen LogP) is 5.90. The van der Waals surface area contributed by atoms with E-state index < -0.39 is 0 Å². The van der Waals surface area contributed by atoms with Gasteiger partial charge in [-0.15, -0.1) is 11.3 Å². The summed E-state index contributed by atoms with van der Waals surface area (Å²) in [6.07, 6.45) is 0. The minimum atomic E-state index is 0.0606. The molecule has 3 nitrogen and oxygen atoms in total. The van der Waals surface area contributed by atoms with Crippen LogP contribution in [-0.4, -0.2) is 21.8 Å². The molecule has 4 aromatic rings. The number of hydrogen-bond donors (Lipinski definition) is 1. The highest BCUT2D eigenvalue weighted by atomic mass is 32.1. The van der Waals surface area contributed by atoms with E-state index in [0.29, 0.717) is 6.54 Å². The van der Waals surface area contributed by atoms with Crippen LogP contribution in [0.1, 0.15) is 17.0 Å². The van der Waals surface area contributed by atoms with Gasteiger partial charge in [0.1, 0.15) is 10.8 Å². The van der Waals surface area contributed by atoms with Crippen LogP contribution in [0.4, 0.5) is 0 Å². The molecule has 132 valence electrons. The average Bonchev–Trinajstić information content (AvgIpc) is 3.14. The highest BCUT2D eigenvalue weighted by molar-refractivity contribution is 7.78. The van der Waals surface area contributed by atoms with Crippen molar-refractivity contribution in [3.63, 3.8) is 0 Å². The summed E-state index contributed by atoms with van der Waals surface area (Å²) in [6, 6.07) is 23.8. The van der Waals surface area contributed by atoms with Crippen LogP contribution in [0, 0.1) is 0 Å². The Bertz CT molecular complexity index is 1080. The Morgan fingerprint density at radius 3 is 2.30 bits per heavy atom. The number of para-hydroxylation sites is 1. The lowest BCUT2D eigenvalue weighted by Crippen LogP contribution is -2.04. The molecule has 0 radical (unpaired) electrons. The first-order chi connectivity index (χ1) is 13.2. The second-order valence-electron chi connectivity index (χ2n) is 6.18. The van der Waals surface area contributed by atoms with E-state index in [9.17, 15) is 5.11 Å². The highest BCUT2D eigenvalue weighted by Gasteiger charge is 2.15. The number of nitrogens with zero attached hydrogens (tertiary/aromatic N) is 2. The molecule has 0 aliphatic carbocycles. The molecular weight excluding hydrogens is 372 g/mol. The summed E-state index contributed by atoms with van der Waals surface area (Å²) in [7, 11) is 0. The number of benzene rings is 3. The summed E-state index contributed by atoms with van der Waals surface area (Å²) in [4.78, 5) is 8.87. The number of aromatic hydroxyl groups is 1. The van der Waals surface area contributed by atoms with Gasteiger partial charge in [0.25, 0.3) is 0 Å². The monoisotopic (exact) mass is 388 g/mol. The van der Waals surface area contributed by atoms with Gasteiger partial charge in [0.15, 0.2) is 0 Å². The van der Waals surface area contributed by atoms with Gasteiger partial charge in [-0.2, -0.15) is 0 Å². The lowest BCUT2D eigenvalue weighted by atomic mass is 9.91. The van der Waals surface area contributed by atoms with E-state index in [0.717, 1.165) is 27.2 Å². The van der Waals surface area contributed by atoms with Gasteiger partial charge in [-0.1, -0.05) is 48.5 Å². The number of fused-ring (bicyclic) bond motifs is 1. The van der Waals surface area contributed by atoms with Crippen LogP contribution in [0.15, 0.2) is 77.8 Å². The fraction of sp³-hybridized carbons (Fsp3) is 0.0909. The molecule has 0 saturated heterocycles. The molecule has 5 heteroatoms. The third kappa shape index (κ3) is 3.81. The molecule has 0 bridgehead atoms. The van der Waals surface area contributed by atoms with Crippen LogP contribution in [0.3, 0.4) is 0 Å². The fourth-order valence-corrected chi connectivity index (χ4v) is 4.14. The SMILES string of the molecule is Oc1ccc([C@@H](CN=C=S)c2ccc(-c3nc4ccccc4s3)cc2)cc1. The standard InChI is InChI=1S/C22H16N2OS2/c25-18-11-9-16(10-12-18)19(13-23-14-26)15-5-7-17(8-6-15)22-24-20-3-1-2-4-21(20)27-22/h1-12,19,25H,13H2/t19-/m0/s1. The second-order valence-corrected chi connectivity index (χ2v) is 7.40. The van der Waals surface area contributed by atoms with Crippen LogP contribution >= 0.6 is 23.6 Å². The number of thiocarbonyl (C=S) groups is 1. The highest BCUT2D eigenvalue weighted by Crippen LogP contribution is 2.32. The molecule has 0 fully saturated rings. The molecule has 0 amide bonds. The molecule has 0 saturated carbocycles. The van der Waals surface area contributed by atoms with Crippen LogP contribution < -0.4 is 0 Å². The minimum Gasteiger partial charge on any atom is -0.508 e. The summed E-state index contributed by atoms with van der Waals surface area (Å²) in [5.74, 6) is 0.312. The van der Waals surface area contributed by atoms with Crippen LogP contribution in [0.25, 0.3) is 20.8 Å². The first-order valence-corrected chi connectivity index (χ1v) is 9.75. The van der Waals surface area contributed by atoms with Crippen molar-refractivity contribution < 1.29 is 5.11 Å². The number of phenols is 1. The smallest absolute Gasteiger partial charge is 0.124 e. The molecule has 0 unspecified atom stereocenters. The number of hydrogen-bond acceptors (Lipinski definition) is 5. The number of aromatic nitrogens is 1. The lowest BCUT2D eigenvalue weighted by molar-refractivity contribution is 0.475. The summed E-state index contributed by atoms with van der Waals surface area (Å²) in [5.41, 5.74) is 4.34. The van der Waals surface area contributed by atoms with Gasteiger partial charge in [0.05, 0.1) is 21.9 Å². The van der Waals surface area contributed by atoms with Gasteiger partial charge in [0.2, 0.25) is 0 Å². The molecular formula is C22H16N2OS2. The number of phenolic OH excluding ortho intramolecular Hbond substituents is 1. The predicted molar refractivity (Wildman–Crippen MR) is 115 cm³/mol. The summed E-state index contributed by atoms with van der Waals surface area (Å²) < 4.78 is 1.19. The maximum Gasteiger partial charge on any atom is 0.124 e. The first kappa shape index (κ1) is 17.6. The van der Waals surface area contributed by atoms with E-state index in [2.05, 4.69) is 40.5 Å². The van der Waals surface area contributed by atoms with E-state index in [-0.39, 0.29) is 11.7 Å². The fourth-order valence-electron chi connectivity index (χ4n) is 3.09. The van der Waals surface area contributed by atoms with Crippen LogP contribution in [-0.2, 0) is 0 Å². The lowest BCUT2D eigenvalue weighted by Gasteiger charge is -2.16. The van der Waals surface area contributed by atoms with E-state index in [1.165, 1.54) is 4.70 Å². The zero-order valence-corrected chi connectivity index (χ0v) is 16.0. The van der Waals surface area contributed by atoms with Gasteiger partial charge in [-0.25, -0.2) is 9.98 Å². The molecule has 1 atom stereocenters. The van der Waals surface area contributed by atoms with Gasteiger partial charge >= 0.3 is 0 Å². The quantitative estimate of drug-likeness (QED) is 0.342. The van der Waals surface area contributed by atoms with Gasteiger partial charge < -0.3 is 5.11 Å². The molecule has 0 aliphatic rings. The number of isothiocyanates is 1. The maximum atomic E-state index is 9.55. The third-order valence-corrected chi connectivity index (χ3v) is 5.70. The van der Waals surface area contributed by atoms with Crippen molar-refractivity contribution in [2.24, 2.45) is 4.99 Å². The molecule has 3 aromatic carbocycles. The van der Waals surface area contributed by atoms with Crippen molar-refractivity contribution in [1.29, 1.82) is 0 Å². The first-order valence-electron chi connectivity index (χ1n) is 8.53. The molecule has 27 heavy (non-hydrogen) atoms. The van der Waals surface area contributed by atoms with Crippen molar-refractivity contribution in [3.05, 3.63) is 83.9 Å². The molecule has 4 rings (SSSR count). The Labute approximate surface area is 166 Å². The number of rotatable bonds is 5. The van der Waals surface area contributed by atoms with Crippen molar-refractivity contribution in [2.45, 2.75) is 5.92 Å². The van der Waals surface area contributed by atoms with E-state index in [1.807, 2.05) is 30.3 Å². The Morgan fingerprint density at radius 1 is 0.963 bits per heavy atom. The number of aliphatic imine (C=N–C) groups is 1. The van der Waals surface area contributed by atoms with Crippen molar-refractivity contribution in [2.75, 3.05) is 6.54 Å². The topological polar surface area (TPSA) is 45.5 Å². The normalized spacial score (nSPS) is 11.9. The Morgan fingerprint density at radius 2 is 1.63 bits per heavy atom. The Kier molecular flexibility index (Phi) is 5.07. The van der Waals surface area contributed by atoms with E-state index in [1.54, 1.807) is 23.5 Å². The van der Waals surface area contributed by atoms with Crippen molar-refractivity contribution in [3.8, 4) is 16.3 Å². The summed E-state index contributed by atoms with van der Waals surface area (Å²) in [5, 5.41) is 13.0. The Balaban J connectivity index is 1.67. The van der Waals surface area contributed by atoms with Gasteiger partial charge in [0, 0.05) is 11.5 Å². The van der Waals surface area contributed by atoms with E-state index in [4.69, 9.17) is 17.2 Å². The number of thiazole rings is 1. The summed E-state index contributed by atoms with van der Waals surface area (Å²) in [6.45, 7) is 0.523. The van der Waals surface area contributed by atoms with E-state index >= 15 is 0 Å². The Hall–Kier alpha value is -2.85. The van der Waals surface area contributed by atoms with Crippen LogP contribution in [0.5, 0.6) is 5.75 Å². The third-order valence-electron chi connectivity index (χ3n) is 4.49. The largest absolute Gasteiger partial charge is 0.508 e. The zero-order valence-electron chi connectivity index (χ0n) is 14.4. The molecule has 0 spiro atoms. The second kappa shape index (κ2) is 7.80. The van der Waals surface area contributed by atoms with Crippen molar-refractivity contribution >= 4 is 38.9 Å². The molecule has 0 aliphatic heterocycles. The maximum absolute atomic E-state index is 9.55. The molecule has 1 heterocycles.